The molecule has 0 amide bonds. The van der Waals surface area contributed by atoms with Crippen molar-refractivity contribution in [1.82, 2.24) is 4.98 Å². The monoisotopic (exact) mass is 240 g/mol. The van der Waals surface area contributed by atoms with E-state index < -0.39 is 0 Å². The van der Waals surface area contributed by atoms with Crippen LogP contribution in [0.5, 0.6) is 0 Å². The lowest BCUT2D eigenvalue weighted by atomic mass is 10.0. The number of aromatic nitrogens is 1. The Bertz CT molecular complexity index is 470. The minimum absolute atomic E-state index is 1.09. The summed E-state index contributed by atoms with van der Waals surface area (Å²) >= 11 is 0. The predicted octanol–water partition coefficient (Wildman–Crippen LogP) is 4.94. The molecule has 0 fully saturated rings. The van der Waals surface area contributed by atoms with Crippen LogP contribution < -0.4 is 0 Å². The number of fused-ring (bicyclic) bond motifs is 1. The average Bonchev–Trinajstić information content (AvgIpc) is 2.43. The van der Waals surface area contributed by atoms with Crippen molar-refractivity contribution in [2.75, 3.05) is 0 Å². The normalized spacial score (nSPS) is 10.9. The molecule has 2 aromatic rings. The lowest BCUT2D eigenvalue weighted by molar-refractivity contribution is 0.608. The molecular weight excluding hydrogens is 218 g/mol. The summed E-state index contributed by atoms with van der Waals surface area (Å²) in [4.78, 5) is 4.36. The average molecular weight is 240 g/mol. The van der Waals surface area contributed by atoms with Crippen LogP contribution in [0.1, 0.15) is 51.0 Å². The van der Waals surface area contributed by atoms with Crippen molar-refractivity contribution in [2.24, 2.45) is 0 Å². The van der Waals surface area contributed by atoms with Crippen LogP contribution in [0, 0.1) is 6.07 Å². The largest absolute Gasteiger partial charge is 0.256 e. The van der Waals surface area contributed by atoms with E-state index in [1.807, 2.05) is 0 Å². The molecule has 1 aromatic carbocycles. The minimum atomic E-state index is 1.09. The first kappa shape index (κ1) is 13.1. The van der Waals surface area contributed by atoms with Crippen LogP contribution in [0.3, 0.4) is 0 Å². The van der Waals surface area contributed by atoms with Gasteiger partial charge >= 0.3 is 0 Å². The van der Waals surface area contributed by atoms with Crippen LogP contribution in [0.25, 0.3) is 10.9 Å². The highest BCUT2D eigenvalue weighted by molar-refractivity contribution is 5.81. The van der Waals surface area contributed by atoms with Crippen molar-refractivity contribution in [3.8, 4) is 0 Å². The molecule has 2 rings (SSSR count). The van der Waals surface area contributed by atoms with Gasteiger partial charge in [0.05, 0.1) is 5.52 Å². The van der Waals surface area contributed by atoms with Gasteiger partial charge < -0.3 is 0 Å². The minimum Gasteiger partial charge on any atom is -0.256 e. The van der Waals surface area contributed by atoms with E-state index in [0.29, 0.717) is 0 Å². The SMILES string of the molecule is CCCCCCCCc1cccc2nc[c]cc12. The molecule has 0 aliphatic rings. The van der Waals surface area contributed by atoms with Gasteiger partial charge in [0.25, 0.3) is 0 Å². The third-order valence-electron chi connectivity index (χ3n) is 3.48. The Labute approximate surface area is 110 Å². The van der Waals surface area contributed by atoms with Gasteiger partial charge in [0.1, 0.15) is 0 Å². The highest BCUT2D eigenvalue weighted by atomic mass is 14.6. The van der Waals surface area contributed by atoms with Gasteiger partial charge in [-0.05, 0) is 30.5 Å². The zero-order valence-corrected chi connectivity index (χ0v) is 11.3. The second-order valence-corrected chi connectivity index (χ2v) is 4.94. The highest BCUT2D eigenvalue weighted by Crippen LogP contribution is 2.18. The molecule has 0 N–H and O–H groups in total. The van der Waals surface area contributed by atoms with E-state index in [0.717, 1.165) is 5.52 Å². The van der Waals surface area contributed by atoms with E-state index >= 15 is 0 Å². The van der Waals surface area contributed by atoms with Crippen LogP contribution in [0.2, 0.25) is 0 Å². The summed E-state index contributed by atoms with van der Waals surface area (Å²) in [5, 5.41) is 1.27. The van der Waals surface area contributed by atoms with Gasteiger partial charge in [-0.15, -0.1) is 0 Å². The topological polar surface area (TPSA) is 12.9 Å². The molecule has 1 aromatic heterocycles. The summed E-state index contributed by atoms with van der Waals surface area (Å²) in [6.45, 7) is 2.26. The third kappa shape index (κ3) is 3.56. The van der Waals surface area contributed by atoms with Crippen molar-refractivity contribution < 1.29 is 0 Å². The summed E-state index contributed by atoms with van der Waals surface area (Å²) in [5.41, 5.74) is 2.52. The highest BCUT2D eigenvalue weighted by Gasteiger charge is 2.00. The lowest BCUT2D eigenvalue weighted by Crippen LogP contribution is -1.89. The number of pyridine rings is 1. The second-order valence-electron chi connectivity index (χ2n) is 4.94. The Morgan fingerprint density at radius 3 is 2.78 bits per heavy atom. The molecule has 0 unspecified atom stereocenters. The Hall–Kier alpha value is -1.37. The van der Waals surface area contributed by atoms with Gasteiger partial charge in [0.2, 0.25) is 0 Å². The molecule has 0 aliphatic carbocycles. The molecule has 1 nitrogen and oxygen atoms in total. The molecule has 1 radical (unpaired) electrons. The zero-order valence-electron chi connectivity index (χ0n) is 11.3. The quantitative estimate of drug-likeness (QED) is 0.625. The lowest BCUT2D eigenvalue weighted by Gasteiger charge is -2.05. The van der Waals surface area contributed by atoms with Gasteiger partial charge in [0, 0.05) is 17.6 Å². The van der Waals surface area contributed by atoms with E-state index in [4.69, 9.17) is 0 Å². The van der Waals surface area contributed by atoms with Crippen LogP contribution in [0.15, 0.2) is 30.5 Å². The van der Waals surface area contributed by atoms with Gasteiger partial charge in [-0.1, -0.05) is 51.2 Å². The number of hydrogen-bond acceptors (Lipinski definition) is 1. The van der Waals surface area contributed by atoms with E-state index in [2.05, 4.69) is 42.2 Å². The Morgan fingerprint density at radius 2 is 1.89 bits per heavy atom. The maximum Gasteiger partial charge on any atom is 0.0705 e. The fraction of sp³-hybridized carbons (Fsp3) is 0.471. The fourth-order valence-electron chi connectivity index (χ4n) is 2.42. The van der Waals surface area contributed by atoms with Crippen molar-refractivity contribution in [3.05, 3.63) is 42.1 Å². The first-order valence-corrected chi connectivity index (χ1v) is 7.15. The van der Waals surface area contributed by atoms with Crippen LogP contribution in [-0.2, 0) is 6.42 Å². The summed E-state index contributed by atoms with van der Waals surface area (Å²) in [6, 6.07) is 11.6. The number of hydrogen-bond donors (Lipinski definition) is 0. The summed E-state index contributed by atoms with van der Waals surface area (Å²) in [7, 11) is 0. The molecule has 1 heteroatoms. The molecule has 0 spiro atoms. The number of nitrogens with zero attached hydrogens (tertiary/aromatic N) is 1. The maximum absolute atomic E-state index is 4.36. The third-order valence-corrected chi connectivity index (χ3v) is 3.48. The van der Waals surface area contributed by atoms with Crippen molar-refractivity contribution in [1.29, 1.82) is 0 Å². The molecule has 0 aliphatic heterocycles. The van der Waals surface area contributed by atoms with E-state index in [-0.39, 0.29) is 0 Å². The number of aryl methyl sites for hydroxylation is 1. The van der Waals surface area contributed by atoms with Gasteiger partial charge in [-0.3, -0.25) is 4.98 Å². The Morgan fingerprint density at radius 1 is 1.06 bits per heavy atom. The Kier molecular flexibility index (Phi) is 5.19. The number of unbranched alkanes of at least 4 members (excludes halogenated alkanes) is 5. The van der Waals surface area contributed by atoms with Crippen LogP contribution in [0.4, 0.5) is 0 Å². The molecule has 1 heterocycles. The van der Waals surface area contributed by atoms with Crippen molar-refractivity contribution >= 4 is 10.9 Å². The molecule has 0 saturated heterocycles. The summed E-state index contributed by atoms with van der Waals surface area (Å²) in [5.74, 6) is 0. The summed E-state index contributed by atoms with van der Waals surface area (Å²) < 4.78 is 0. The first-order valence-electron chi connectivity index (χ1n) is 7.15. The molecule has 0 saturated carbocycles. The van der Waals surface area contributed by atoms with Crippen molar-refractivity contribution in [2.45, 2.75) is 51.9 Å². The molecule has 0 bridgehead atoms. The van der Waals surface area contributed by atoms with Gasteiger partial charge in [-0.25, -0.2) is 0 Å². The van der Waals surface area contributed by atoms with E-state index in [1.54, 1.807) is 6.20 Å². The standard InChI is InChI=1S/C17H22N/c1-2-3-4-5-6-7-10-15-11-8-13-17-16(15)12-9-14-18-17/h8,11-14H,2-7,10H2,1H3. The Balaban J connectivity index is 1.88. The molecule has 18 heavy (non-hydrogen) atoms. The molecular formula is C17H22N. The van der Waals surface area contributed by atoms with Crippen LogP contribution in [-0.4, -0.2) is 4.98 Å². The van der Waals surface area contributed by atoms with Crippen molar-refractivity contribution in [3.63, 3.8) is 0 Å². The summed E-state index contributed by atoms with van der Waals surface area (Å²) in [6.07, 6.45) is 11.0. The smallest absolute Gasteiger partial charge is 0.0705 e. The van der Waals surface area contributed by atoms with Crippen LogP contribution >= 0.6 is 0 Å². The van der Waals surface area contributed by atoms with Gasteiger partial charge in [-0.2, -0.15) is 0 Å². The zero-order chi connectivity index (χ0) is 12.6. The molecule has 95 valence electrons. The predicted molar refractivity (Wildman–Crippen MR) is 77.7 cm³/mol. The first-order chi connectivity index (χ1) is 8.92. The maximum atomic E-state index is 4.36. The molecule has 0 atom stereocenters. The van der Waals surface area contributed by atoms with E-state index in [9.17, 15) is 0 Å². The number of rotatable bonds is 7. The number of benzene rings is 1. The fourth-order valence-corrected chi connectivity index (χ4v) is 2.42. The second kappa shape index (κ2) is 7.15. The van der Waals surface area contributed by atoms with E-state index in [1.165, 1.54) is 55.9 Å². The van der Waals surface area contributed by atoms with Gasteiger partial charge in [0.15, 0.2) is 0 Å².